The van der Waals surface area contributed by atoms with Gasteiger partial charge in [0.15, 0.2) is 11.0 Å². The van der Waals surface area contributed by atoms with Gasteiger partial charge in [-0.15, -0.1) is 0 Å². The Balaban J connectivity index is 1.71. The van der Waals surface area contributed by atoms with Crippen LogP contribution in [0.5, 0.6) is 0 Å². The number of fused-ring (bicyclic) bond motifs is 1. The number of hydrogen-bond donors (Lipinski definition) is 1. The van der Waals surface area contributed by atoms with Gasteiger partial charge in [-0.1, -0.05) is 42.2 Å². The minimum atomic E-state index is -1.15. The van der Waals surface area contributed by atoms with Crippen molar-refractivity contribution in [3.05, 3.63) is 71.9 Å². The molecule has 7 nitrogen and oxygen atoms in total. The number of nitrogens with one attached hydrogen (secondary N) is 1. The van der Waals surface area contributed by atoms with Gasteiger partial charge in [0, 0.05) is 28.9 Å². The summed E-state index contributed by atoms with van der Waals surface area (Å²) in [5, 5.41) is 6.79. The Hall–Kier alpha value is -2.85. The van der Waals surface area contributed by atoms with Crippen LogP contribution in [-0.4, -0.2) is 33.6 Å². The quantitative estimate of drug-likeness (QED) is 0.570. The van der Waals surface area contributed by atoms with Crippen LogP contribution in [0.2, 0.25) is 0 Å². The molecule has 0 bridgehead atoms. The van der Waals surface area contributed by atoms with E-state index in [1.54, 1.807) is 6.92 Å². The minimum Gasteiger partial charge on any atom is -0.365 e. The summed E-state index contributed by atoms with van der Waals surface area (Å²) in [4.78, 5) is 21.2. The van der Waals surface area contributed by atoms with Crippen LogP contribution in [-0.2, 0) is 15.1 Å². The molecule has 1 amide bonds. The third-order valence-electron chi connectivity index (χ3n) is 5.38. The Morgan fingerprint density at radius 2 is 2.23 bits per heavy atom. The molecule has 1 N–H and O–H groups in total. The number of hydrogen-bond acceptors (Lipinski definition) is 7. The van der Waals surface area contributed by atoms with Crippen LogP contribution < -0.4 is 5.32 Å². The molecule has 1 aromatic carbocycles. The molecule has 0 spiro atoms. The number of thioether (sulfide) groups is 1. The molecule has 0 saturated carbocycles. The van der Waals surface area contributed by atoms with Gasteiger partial charge < -0.3 is 14.6 Å². The second kappa shape index (κ2) is 8.35. The summed E-state index contributed by atoms with van der Waals surface area (Å²) in [5.41, 5.74) is -0.764. The first-order valence-corrected chi connectivity index (χ1v) is 10.5. The molecule has 162 valence electrons. The zero-order valence-electron chi connectivity index (χ0n) is 16.7. The summed E-state index contributed by atoms with van der Waals surface area (Å²) >= 11 is 1.33. The molecule has 4 rings (SSSR count). The van der Waals surface area contributed by atoms with Crippen molar-refractivity contribution < 1.29 is 22.8 Å². The first kappa shape index (κ1) is 21.4. The van der Waals surface area contributed by atoms with E-state index in [1.807, 2.05) is 0 Å². The second-order valence-electron chi connectivity index (χ2n) is 7.37. The van der Waals surface area contributed by atoms with Gasteiger partial charge in [-0.3, -0.25) is 4.79 Å². The van der Waals surface area contributed by atoms with Crippen molar-refractivity contribution in [3.8, 4) is 0 Å². The highest BCUT2D eigenvalue weighted by Crippen LogP contribution is 2.49. The Kier molecular flexibility index (Phi) is 5.76. The van der Waals surface area contributed by atoms with E-state index in [2.05, 4.69) is 28.6 Å². The van der Waals surface area contributed by atoms with Crippen LogP contribution in [0.25, 0.3) is 0 Å². The number of rotatable bonds is 4. The Labute approximate surface area is 181 Å². The SMILES string of the molecule is C=CC(=C)C(=O)NC1=NC2(c3ccc(F)cc3F)COC(c3nc(C)no3)CC2CS1. The molecule has 0 aliphatic carbocycles. The van der Waals surface area contributed by atoms with E-state index in [0.717, 1.165) is 6.07 Å². The predicted octanol–water partition coefficient (Wildman–Crippen LogP) is 3.59. The molecular formula is C21H20F2N4O3S. The molecule has 2 aromatic rings. The van der Waals surface area contributed by atoms with Crippen LogP contribution in [0.15, 0.2) is 52.5 Å². The number of amides is 1. The van der Waals surface area contributed by atoms with E-state index < -0.39 is 29.2 Å². The maximum atomic E-state index is 14.9. The summed E-state index contributed by atoms with van der Waals surface area (Å²) in [7, 11) is 0. The molecule has 1 aromatic heterocycles. The van der Waals surface area contributed by atoms with Gasteiger partial charge in [0.05, 0.1) is 6.61 Å². The molecule has 10 heteroatoms. The number of carbonyl (C=O) groups excluding carboxylic acids is 1. The lowest BCUT2D eigenvalue weighted by molar-refractivity contribution is -0.115. The minimum absolute atomic E-state index is 0.00531. The lowest BCUT2D eigenvalue weighted by atomic mass is 9.75. The van der Waals surface area contributed by atoms with E-state index in [9.17, 15) is 13.6 Å². The average Bonchev–Trinajstić information content (AvgIpc) is 3.18. The molecule has 1 saturated heterocycles. The molecule has 3 unspecified atom stereocenters. The summed E-state index contributed by atoms with van der Waals surface area (Å²) in [6.07, 6.45) is 1.31. The monoisotopic (exact) mass is 446 g/mol. The fraction of sp³-hybridized carbons (Fsp3) is 0.333. The highest BCUT2D eigenvalue weighted by Gasteiger charge is 2.51. The van der Waals surface area contributed by atoms with Crippen molar-refractivity contribution in [2.75, 3.05) is 12.4 Å². The predicted molar refractivity (Wildman–Crippen MR) is 111 cm³/mol. The van der Waals surface area contributed by atoms with E-state index in [0.29, 0.717) is 29.1 Å². The number of aromatic nitrogens is 2. The van der Waals surface area contributed by atoms with Gasteiger partial charge in [0.25, 0.3) is 11.8 Å². The van der Waals surface area contributed by atoms with Crippen molar-refractivity contribution in [3.63, 3.8) is 0 Å². The number of aliphatic imine (C=N–C) groups is 1. The zero-order valence-corrected chi connectivity index (χ0v) is 17.5. The maximum Gasteiger partial charge on any atom is 0.256 e. The number of amidine groups is 1. The number of ether oxygens (including phenoxy) is 1. The normalized spacial score (nSPS) is 25.3. The zero-order chi connectivity index (χ0) is 22.2. The molecule has 2 aliphatic heterocycles. The van der Waals surface area contributed by atoms with Crippen molar-refractivity contribution in [2.45, 2.75) is 25.0 Å². The van der Waals surface area contributed by atoms with Gasteiger partial charge in [0.1, 0.15) is 23.3 Å². The molecular weight excluding hydrogens is 426 g/mol. The highest BCUT2D eigenvalue weighted by atomic mass is 32.2. The van der Waals surface area contributed by atoms with Crippen LogP contribution in [0, 0.1) is 24.5 Å². The van der Waals surface area contributed by atoms with Crippen LogP contribution in [0.4, 0.5) is 8.78 Å². The summed E-state index contributed by atoms with van der Waals surface area (Å²) < 4.78 is 39.7. The summed E-state index contributed by atoms with van der Waals surface area (Å²) in [6, 6.07) is 3.39. The van der Waals surface area contributed by atoms with Crippen LogP contribution in [0.3, 0.4) is 0 Å². The smallest absolute Gasteiger partial charge is 0.256 e. The highest BCUT2D eigenvalue weighted by molar-refractivity contribution is 8.13. The number of carbonyl (C=O) groups is 1. The van der Waals surface area contributed by atoms with Crippen molar-refractivity contribution in [2.24, 2.45) is 10.9 Å². The Morgan fingerprint density at radius 1 is 1.42 bits per heavy atom. The van der Waals surface area contributed by atoms with E-state index in [-0.39, 0.29) is 23.7 Å². The first-order chi connectivity index (χ1) is 14.8. The molecule has 1 fully saturated rings. The van der Waals surface area contributed by atoms with Crippen molar-refractivity contribution >= 4 is 22.8 Å². The van der Waals surface area contributed by atoms with E-state index >= 15 is 0 Å². The molecule has 2 aliphatic rings. The van der Waals surface area contributed by atoms with Gasteiger partial charge in [-0.05, 0) is 19.4 Å². The largest absolute Gasteiger partial charge is 0.365 e. The second-order valence-corrected chi connectivity index (χ2v) is 8.38. The number of nitrogens with zero attached hydrogens (tertiary/aromatic N) is 3. The number of halogens is 2. The van der Waals surface area contributed by atoms with Crippen LogP contribution >= 0.6 is 11.8 Å². The molecule has 3 heterocycles. The van der Waals surface area contributed by atoms with Gasteiger partial charge in [0.2, 0.25) is 0 Å². The average molecular weight is 446 g/mol. The van der Waals surface area contributed by atoms with Crippen molar-refractivity contribution in [1.82, 2.24) is 15.5 Å². The van der Waals surface area contributed by atoms with E-state index in [1.165, 1.54) is 30.0 Å². The third-order valence-corrected chi connectivity index (χ3v) is 6.41. The Morgan fingerprint density at radius 3 is 2.90 bits per heavy atom. The number of aryl methyl sites for hydroxylation is 1. The lowest BCUT2D eigenvalue weighted by Gasteiger charge is -2.45. The third kappa shape index (κ3) is 4.05. The summed E-state index contributed by atoms with van der Waals surface area (Å²) in [5.74, 6) is -0.696. The van der Waals surface area contributed by atoms with E-state index in [4.69, 9.17) is 14.3 Å². The van der Waals surface area contributed by atoms with Crippen LogP contribution in [0.1, 0.15) is 29.8 Å². The molecule has 0 radical (unpaired) electrons. The Bertz CT molecular complexity index is 1090. The standard InChI is InChI=1S/C21H20F2N4O3S/c1-4-11(2)18(28)25-20-26-21(15-6-5-14(22)8-16(15)23)10-29-17(7-13(21)9-31-20)19-24-12(3)27-30-19/h4-6,8,13,17H,1-2,7,9-10H2,3H3,(H,25,26,28). The van der Waals surface area contributed by atoms with Crippen molar-refractivity contribution in [1.29, 1.82) is 0 Å². The van der Waals surface area contributed by atoms with Gasteiger partial charge in [-0.2, -0.15) is 4.98 Å². The number of benzene rings is 1. The van der Waals surface area contributed by atoms with Gasteiger partial charge in [-0.25, -0.2) is 13.8 Å². The molecule has 3 atom stereocenters. The molecule has 31 heavy (non-hydrogen) atoms. The maximum absolute atomic E-state index is 14.9. The summed E-state index contributed by atoms with van der Waals surface area (Å²) in [6.45, 7) is 8.85. The topological polar surface area (TPSA) is 89.6 Å². The lowest BCUT2D eigenvalue weighted by Crippen LogP contribution is -2.49. The first-order valence-electron chi connectivity index (χ1n) is 9.55. The fourth-order valence-corrected chi connectivity index (χ4v) is 4.90. The van der Waals surface area contributed by atoms with Gasteiger partial charge >= 0.3 is 0 Å². The fourth-order valence-electron chi connectivity index (χ4n) is 3.74.